The first-order valence-corrected chi connectivity index (χ1v) is 8.74. The monoisotopic (exact) mass is 514 g/mol. The van der Waals surface area contributed by atoms with Crippen molar-refractivity contribution in [3.8, 4) is 0 Å². The van der Waals surface area contributed by atoms with E-state index in [1.165, 1.54) is 6.07 Å². The van der Waals surface area contributed by atoms with Crippen LogP contribution < -0.4 is 10.6 Å². The third-order valence-electron chi connectivity index (χ3n) is 3.58. The topological polar surface area (TPSA) is 48.9 Å². The average Bonchev–Trinajstić information content (AvgIpc) is 2.56. The lowest BCUT2D eigenvalue weighted by Crippen LogP contribution is -2.44. The predicted molar refractivity (Wildman–Crippen MR) is 110 cm³/mol. The minimum Gasteiger partial charge on any atom is -0.379 e. The number of hydrogen-bond acceptors (Lipinski definition) is 3. The van der Waals surface area contributed by atoms with Crippen LogP contribution in [0.5, 0.6) is 0 Å². The highest BCUT2D eigenvalue weighted by Gasteiger charge is 2.09. The fraction of sp³-hybridized carbons (Fsp3) is 0.562. The molecule has 1 aliphatic heterocycles. The molecule has 1 aromatic carbocycles. The van der Waals surface area contributed by atoms with E-state index in [0.717, 1.165) is 50.4 Å². The van der Waals surface area contributed by atoms with E-state index in [-0.39, 0.29) is 29.8 Å². The van der Waals surface area contributed by atoms with Crippen LogP contribution in [0.3, 0.4) is 0 Å². The van der Waals surface area contributed by atoms with Crippen molar-refractivity contribution in [3.63, 3.8) is 0 Å². The number of guanidine groups is 1. The molecule has 1 fully saturated rings. The second kappa shape index (κ2) is 12.0. The third-order valence-corrected chi connectivity index (χ3v) is 4.08. The number of nitrogens with one attached hydrogen (secondary N) is 2. The van der Waals surface area contributed by atoms with E-state index < -0.39 is 0 Å². The Kier molecular flexibility index (Phi) is 10.8. The molecule has 1 aliphatic rings. The standard InChI is InChI=1S/C16H24BrFN4O.HI/c1-2-19-16(20-5-6-22-7-9-23-10-8-22)21-12-13-11-14(17)3-4-15(13)18;/h3-4,11H,2,5-10,12H2,1H3,(H2,19,20,21);1H. The van der Waals surface area contributed by atoms with Gasteiger partial charge in [0.1, 0.15) is 5.82 Å². The Morgan fingerprint density at radius 3 is 2.79 bits per heavy atom. The molecule has 1 aromatic rings. The lowest BCUT2D eigenvalue weighted by Gasteiger charge is -2.26. The van der Waals surface area contributed by atoms with Crippen molar-refractivity contribution in [3.05, 3.63) is 34.1 Å². The maximum absolute atomic E-state index is 13.8. The van der Waals surface area contributed by atoms with E-state index >= 15 is 0 Å². The second-order valence-corrected chi connectivity index (χ2v) is 6.23. The molecule has 1 saturated heterocycles. The summed E-state index contributed by atoms with van der Waals surface area (Å²) in [5.74, 6) is 0.473. The third kappa shape index (κ3) is 7.62. The van der Waals surface area contributed by atoms with Crippen molar-refractivity contribution in [1.29, 1.82) is 0 Å². The van der Waals surface area contributed by atoms with Crippen molar-refractivity contribution < 1.29 is 9.13 Å². The van der Waals surface area contributed by atoms with Crippen LogP contribution in [0, 0.1) is 5.82 Å². The molecule has 1 heterocycles. The van der Waals surface area contributed by atoms with Gasteiger partial charge in [-0.2, -0.15) is 0 Å². The van der Waals surface area contributed by atoms with Crippen LogP contribution in [0.25, 0.3) is 0 Å². The van der Waals surface area contributed by atoms with Gasteiger partial charge in [-0.05, 0) is 25.1 Å². The Bertz CT molecular complexity index is 527. The Morgan fingerprint density at radius 1 is 1.33 bits per heavy atom. The fourth-order valence-corrected chi connectivity index (χ4v) is 2.74. The molecule has 0 aliphatic carbocycles. The molecule has 2 N–H and O–H groups in total. The van der Waals surface area contributed by atoms with E-state index in [0.29, 0.717) is 18.1 Å². The summed E-state index contributed by atoms with van der Waals surface area (Å²) in [5, 5.41) is 6.48. The number of morpholine rings is 1. The summed E-state index contributed by atoms with van der Waals surface area (Å²) < 4.78 is 19.9. The molecule has 0 unspecified atom stereocenters. The zero-order valence-electron chi connectivity index (χ0n) is 13.9. The molecule has 136 valence electrons. The first-order valence-electron chi connectivity index (χ1n) is 7.95. The zero-order valence-corrected chi connectivity index (χ0v) is 17.8. The fourth-order valence-electron chi connectivity index (χ4n) is 2.33. The lowest BCUT2D eigenvalue weighted by molar-refractivity contribution is 0.0389. The number of benzene rings is 1. The molecule has 5 nitrogen and oxygen atoms in total. The Hall–Kier alpha value is -0.450. The predicted octanol–water partition coefficient (Wildman–Crippen LogP) is 2.59. The maximum atomic E-state index is 13.8. The molecule has 0 aromatic heterocycles. The minimum absolute atomic E-state index is 0. The summed E-state index contributed by atoms with van der Waals surface area (Å²) in [6.45, 7) is 8.37. The highest BCUT2D eigenvalue weighted by atomic mass is 127. The van der Waals surface area contributed by atoms with E-state index in [9.17, 15) is 4.39 Å². The Balaban J connectivity index is 0.00000288. The number of aliphatic imine (C=N–C) groups is 1. The van der Waals surface area contributed by atoms with Crippen molar-refractivity contribution >= 4 is 45.9 Å². The van der Waals surface area contributed by atoms with E-state index in [4.69, 9.17) is 4.74 Å². The van der Waals surface area contributed by atoms with Gasteiger partial charge in [-0.3, -0.25) is 4.90 Å². The van der Waals surface area contributed by atoms with Gasteiger partial charge < -0.3 is 15.4 Å². The second-order valence-electron chi connectivity index (χ2n) is 5.31. The van der Waals surface area contributed by atoms with Gasteiger partial charge in [0.25, 0.3) is 0 Å². The van der Waals surface area contributed by atoms with Gasteiger partial charge >= 0.3 is 0 Å². The first kappa shape index (κ1) is 21.6. The quantitative estimate of drug-likeness (QED) is 0.348. The number of nitrogens with zero attached hydrogens (tertiary/aromatic N) is 2. The Labute approximate surface area is 168 Å². The molecule has 0 radical (unpaired) electrons. The van der Waals surface area contributed by atoms with Crippen LogP contribution in [0.4, 0.5) is 4.39 Å². The molecule has 24 heavy (non-hydrogen) atoms. The van der Waals surface area contributed by atoms with Gasteiger partial charge in [0.2, 0.25) is 0 Å². The van der Waals surface area contributed by atoms with Crippen molar-refractivity contribution in [2.45, 2.75) is 13.5 Å². The number of ether oxygens (including phenoxy) is 1. The largest absolute Gasteiger partial charge is 0.379 e. The van der Waals surface area contributed by atoms with Gasteiger partial charge in [-0.1, -0.05) is 15.9 Å². The SMILES string of the molecule is CCNC(=NCc1cc(Br)ccc1F)NCCN1CCOCC1.I. The van der Waals surface area contributed by atoms with Crippen molar-refractivity contribution in [2.75, 3.05) is 45.9 Å². The van der Waals surface area contributed by atoms with Crippen LogP contribution in [0.2, 0.25) is 0 Å². The van der Waals surface area contributed by atoms with E-state index in [1.807, 2.05) is 6.92 Å². The highest BCUT2D eigenvalue weighted by Crippen LogP contribution is 2.16. The molecule has 0 amide bonds. The molecule has 2 rings (SSSR count). The lowest BCUT2D eigenvalue weighted by atomic mass is 10.2. The molecule has 0 saturated carbocycles. The maximum Gasteiger partial charge on any atom is 0.191 e. The van der Waals surface area contributed by atoms with Crippen LogP contribution >= 0.6 is 39.9 Å². The number of rotatable bonds is 6. The van der Waals surface area contributed by atoms with Crippen LogP contribution in [-0.2, 0) is 11.3 Å². The smallest absolute Gasteiger partial charge is 0.191 e. The normalized spacial score (nSPS) is 15.7. The number of halogens is 3. The molecule has 0 spiro atoms. The van der Waals surface area contributed by atoms with Gasteiger partial charge in [0.15, 0.2) is 5.96 Å². The van der Waals surface area contributed by atoms with Crippen LogP contribution in [0.1, 0.15) is 12.5 Å². The van der Waals surface area contributed by atoms with Crippen LogP contribution in [-0.4, -0.2) is 56.8 Å². The van der Waals surface area contributed by atoms with Gasteiger partial charge in [-0.25, -0.2) is 9.38 Å². The molecule has 0 atom stereocenters. The summed E-state index contributed by atoms with van der Waals surface area (Å²) in [7, 11) is 0. The summed E-state index contributed by atoms with van der Waals surface area (Å²) in [4.78, 5) is 6.81. The van der Waals surface area contributed by atoms with Gasteiger partial charge in [0.05, 0.1) is 19.8 Å². The van der Waals surface area contributed by atoms with Crippen LogP contribution in [0.15, 0.2) is 27.7 Å². The van der Waals surface area contributed by atoms with E-state index in [2.05, 4.69) is 36.5 Å². The minimum atomic E-state index is -0.235. The molecule has 8 heteroatoms. The number of hydrogen-bond donors (Lipinski definition) is 2. The van der Waals surface area contributed by atoms with Gasteiger partial charge in [-0.15, -0.1) is 24.0 Å². The summed E-state index contributed by atoms with van der Waals surface area (Å²) >= 11 is 3.36. The van der Waals surface area contributed by atoms with E-state index in [1.54, 1.807) is 12.1 Å². The Morgan fingerprint density at radius 2 is 2.08 bits per heavy atom. The van der Waals surface area contributed by atoms with Gasteiger partial charge in [0, 0.05) is 42.8 Å². The average molecular weight is 515 g/mol. The summed E-state index contributed by atoms with van der Waals surface area (Å²) in [5.41, 5.74) is 0.574. The molecular weight excluding hydrogens is 490 g/mol. The zero-order chi connectivity index (χ0) is 16.5. The first-order chi connectivity index (χ1) is 11.2. The molecular formula is C16H25BrFIN4O. The van der Waals surface area contributed by atoms with Crippen molar-refractivity contribution in [2.24, 2.45) is 4.99 Å². The van der Waals surface area contributed by atoms with Crippen molar-refractivity contribution in [1.82, 2.24) is 15.5 Å². The highest BCUT2D eigenvalue weighted by molar-refractivity contribution is 14.0. The summed E-state index contributed by atoms with van der Waals surface area (Å²) in [6.07, 6.45) is 0. The summed E-state index contributed by atoms with van der Waals surface area (Å²) in [6, 6.07) is 4.90. The molecule has 0 bridgehead atoms.